The van der Waals surface area contributed by atoms with Gasteiger partial charge in [0.15, 0.2) is 6.29 Å². The minimum absolute atomic E-state index is 0.243. The highest BCUT2D eigenvalue weighted by atomic mass is 16.7. The Balaban J connectivity index is 2.51. The molecule has 0 radical (unpaired) electrons. The van der Waals surface area contributed by atoms with E-state index in [4.69, 9.17) is 9.47 Å². The van der Waals surface area contributed by atoms with Crippen molar-refractivity contribution in [3.8, 4) is 0 Å². The van der Waals surface area contributed by atoms with E-state index >= 15 is 0 Å². The Morgan fingerprint density at radius 2 is 1.07 bits per heavy atom. The molecule has 1 heterocycles. The lowest BCUT2D eigenvalue weighted by molar-refractivity contribution is -0.303. The lowest BCUT2D eigenvalue weighted by atomic mass is 9.98. The molecule has 0 saturated carbocycles. The van der Waals surface area contributed by atoms with E-state index in [1.54, 1.807) is 0 Å². The highest BCUT2D eigenvalue weighted by Crippen LogP contribution is 2.23. The van der Waals surface area contributed by atoms with Crippen LogP contribution in [0.1, 0.15) is 174 Å². The van der Waals surface area contributed by atoms with Gasteiger partial charge < -0.3 is 50.5 Å². The summed E-state index contributed by atoms with van der Waals surface area (Å²) < 4.78 is 11.0. The van der Waals surface area contributed by atoms with Gasteiger partial charge in [-0.25, -0.2) is 0 Å². The molecule has 0 aromatic carbocycles. The molecule has 1 fully saturated rings. The van der Waals surface area contributed by atoms with Crippen LogP contribution >= 0.6 is 0 Å². The SMILES string of the molecule is CCCCCC/C=C/CC/C=C/CCCC(O)C(O)C(COC1OC(CO)C(O)C(O)C1O)NC(=O)C(O)CCCCCCCC/C=C\CCCCCCCC. The van der Waals surface area contributed by atoms with E-state index in [0.717, 1.165) is 57.8 Å². The first-order chi connectivity index (χ1) is 27.2. The van der Waals surface area contributed by atoms with Crippen LogP contribution in [0.25, 0.3) is 0 Å². The van der Waals surface area contributed by atoms with Crippen LogP contribution in [0.2, 0.25) is 0 Å². The zero-order valence-corrected chi connectivity index (χ0v) is 35.1. The van der Waals surface area contributed by atoms with Gasteiger partial charge >= 0.3 is 0 Å². The molecule has 11 heteroatoms. The molecule has 1 rings (SSSR count). The van der Waals surface area contributed by atoms with Crippen molar-refractivity contribution in [1.82, 2.24) is 5.32 Å². The van der Waals surface area contributed by atoms with Gasteiger partial charge in [0.1, 0.15) is 36.6 Å². The normalized spacial score (nSPS) is 22.6. The Kier molecular flexibility index (Phi) is 33.0. The number of amides is 1. The summed E-state index contributed by atoms with van der Waals surface area (Å²) in [6.07, 6.45) is 27.6. The van der Waals surface area contributed by atoms with Crippen LogP contribution in [0.4, 0.5) is 0 Å². The third-order valence-electron chi connectivity index (χ3n) is 10.6. The van der Waals surface area contributed by atoms with Crippen molar-refractivity contribution >= 4 is 5.91 Å². The van der Waals surface area contributed by atoms with Crippen LogP contribution in [0.3, 0.4) is 0 Å². The monoisotopic (exact) mass is 798 g/mol. The fraction of sp³-hybridized carbons (Fsp3) is 0.844. The Hall–Kier alpha value is -1.67. The Morgan fingerprint density at radius 1 is 0.607 bits per heavy atom. The molecule has 9 unspecified atom stereocenters. The molecule has 1 amide bonds. The molecular weight excluding hydrogens is 714 g/mol. The molecule has 328 valence electrons. The van der Waals surface area contributed by atoms with Gasteiger partial charge in [-0.15, -0.1) is 0 Å². The van der Waals surface area contributed by atoms with Gasteiger partial charge in [0.2, 0.25) is 5.91 Å². The van der Waals surface area contributed by atoms with E-state index in [-0.39, 0.29) is 12.8 Å². The number of hydrogen-bond acceptors (Lipinski definition) is 10. The Morgan fingerprint density at radius 3 is 1.61 bits per heavy atom. The van der Waals surface area contributed by atoms with Gasteiger partial charge in [-0.3, -0.25) is 4.79 Å². The number of carbonyl (C=O) groups excluding carboxylic acids is 1. The average molecular weight is 798 g/mol. The number of allylic oxidation sites excluding steroid dienone is 6. The van der Waals surface area contributed by atoms with Crippen LogP contribution in [0.5, 0.6) is 0 Å². The van der Waals surface area contributed by atoms with Crippen LogP contribution in [0, 0.1) is 0 Å². The molecule has 0 aromatic heterocycles. The molecule has 9 atom stereocenters. The summed E-state index contributed by atoms with van der Waals surface area (Å²) in [5.41, 5.74) is 0. The lowest BCUT2D eigenvalue weighted by Crippen LogP contribution is -2.60. The molecule has 1 saturated heterocycles. The maximum absolute atomic E-state index is 13.0. The van der Waals surface area contributed by atoms with Crippen molar-refractivity contribution in [2.24, 2.45) is 0 Å². The number of rotatable bonds is 36. The second-order valence-electron chi connectivity index (χ2n) is 15.7. The van der Waals surface area contributed by atoms with E-state index in [1.165, 1.54) is 70.6 Å². The molecule has 0 spiro atoms. The smallest absolute Gasteiger partial charge is 0.249 e. The predicted octanol–water partition coefficient (Wildman–Crippen LogP) is 6.83. The fourth-order valence-corrected chi connectivity index (χ4v) is 6.86. The Bertz CT molecular complexity index is 1010. The van der Waals surface area contributed by atoms with Gasteiger partial charge in [0.25, 0.3) is 0 Å². The minimum atomic E-state index is -1.67. The fourth-order valence-electron chi connectivity index (χ4n) is 6.86. The maximum atomic E-state index is 13.0. The molecule has 0 aliphatic carbocycles. The second-order valence-corrected chi connectivity index (χ2v) is 15.7. The summed E-state index contributed by atoms with van der Waals surface area (Å²) in [6.45, 7) is 3.37. The highest BCUT2D eigenvalue weighted by molar-refractivity contribution is 5.80. The standard InChI is InChI=1S/C45H83NO10/c1-3-5-7-9-11-13-15-17-18-19-21-23-25-27-29-31-33-38(49)44(54)46-36(35-55-45-43(53)42(52)41(51)39(34-47)56-45)40(50)37(48)32-30-28-26-24-22-20-16-14-12-10-8-6-4-2/h14,16-18,24,26,36-43,45,47-53H,3-13,15,19-23,25,27-35H2,1-2H3,(H,46,54)/b16-14+,18-17-,26-24+. The van der Waals surface area contributed by atoms with Crippen molar-refractivity contribution in [2.75, 3.05) is 13.2 Å². The first kappa shape index (κ1) is 52.3. The van der Waals surface area contributed by atoms with E-state index in [1.807, 2.05) is 0 Å². The molecule has 8 N–H and O–H groups in total. The maximum Gasteiger partial charge on any atom is 0.249 e. The molecule has 0 aromatic rings. The molecule has 0 bridgehead atoms. The number of carbonyl (C=O) groups is 1. The first-order valence-corrected chi connectivity index (χ1v) is 22.4. The van der Waals surface area contributed by atoms with Gasteiger partial charge in [-0.05, 0) is 77.0 Å². The van der Waals surface area contributed by atoms with Crippen molar-refractivity contribution in [2.45, 2.75) is 229 Å². The molecule has 56 heavy (non-hydrogen) atoms. The van der Waals surface area contributed by atoms with Crippen molar-refractivity contribution < 1.29 is 50.0 Å². The summed E-state index contributed by atoms with van der Waals surface area (Å²) in [5.74, 6) is -0.718. The number of aliphatic hydroxyl groups is 7. The number of nitrogens with one attached hydrogen (secondary N) is 1. The van der Waals surface area contributed by atoms with Crippen LogP contribution in [-0.4, -0.2) is 110 Å². The summed E-state index contributed by atoms with van der Waals surface area (Å²) >= 11 is 0. The highest BCUT2D eigenvalue weighted by Gasteiger charge is 2.44. The van der Waals surface area contributed by atoms with Crippen molar-refractivity contribution in [3.63, 3.8) is 0 Å². The largest absolute Gasteiger partial charge is 0.394 e. The van der Waals surface area contributed by atoms with E-state index in [9.17, 15) is 40.5 Å². The topological polar surface area (TPSA) is 189 Å². The number of aliphatic hydroxyl groups excluding tert-OH is 7. The molecule has 1 aliphatic heterocycles. The number of ether oxygens (including phenoxy) is 2. The average Bonchev–Trinajstić information content (AvgIpc) is 3.20. The van der Waals surface area contributed by atoms with Gasteiger partial charge in [-0.1, -0.05) is 134 Å². The third-order valence-corrected chi connectivity index (χ3v) is 10.6. The van der Waals surface area contributed by atoms with Crippen LogP contribution < -0.4 is 5.32 Å². The van der Waals surface area contributed by atoms with Crippen LogP contribution in [0.15, 0.2) is 36.5 Å². The Labute approximate surface area is 339 Å². The third kappa shape index (κ3) is 25.0. The molecule has 11 nitrogen and oxygen atoms in total. The summed E-state index contributed by atoms with van der Waals surface area (Å²) in [4.78, 5) is 13.0. The minimum Gasteiger partial charge on any atom is -0.394 e. The van der Waals surface area contributed by atoms with Crippen LogP contribution in [-0.2, 0) is 14.3 Å². The van der Waals surface area contributed by atoms with Crippen molar-refractivity contribution in [3.05, 3.63) is 36.5 Å². The first-order valence-electron chi connectivity index (χ1n) is 22.4. The van der Waals surface area contributed by atoms with E-state index < -0.39 is 74.2 Å². The van der Waals surface area contributed by atoms with Gasteiger partial charge in [-0.2, -0.15) is 0 Å². The van der Waals surface area contributed by atoms with Gasteiger partial charge in [0.05, 0.1) is 25.4 Å². The molecular formula is C45H83NO10. The van der Waals surface area contributed by atoms with E-state index in [2.05, 4.69) is 55.6 Å². The zero-order valence-electron chi connectivity index (χ0n) is 35.1. The lowest BCUT2D eigenvalue weighted by Gasteiger charge is -2.40. The van der Waals surface area contributed by atoms with Gasteiger partial charge in [0, 0.05) is 0 Å². The molecule has 1 aliphatic rings. The predicted molar refractivity (Wildman–Crippen MR) is 224 cm³/mol. The zero-order chi connectivity index (χ0) is 41.2. The summed E-state index contributed by atoms with van der Waals surface area (Å²) in [5, 5.41) is 75.5. The summed E-state index contributed by atoms with van der Waals surface area (Å²) in [7, 11) is 0. The summed E-state index contributed by atoms with van der Waals surface area (Å²) in [6, 6.07) is -1.19. The number of unbranched alkanes of at least 4 members (excludes halogenated alkanes) is 18. The number of hydrogen-bond donors (Lipinski definition) is 8. The van der Waals surface area contributed by atoms with Crippen molar-refractivity contribution in [1.29, 1.82) is 0 Å². The van der Waals surface area contributed by atoms with E-state index in [0.29, 0.717) is 19.3 Å². The quantitative estimate of drug-likeness (QED) is 0.0247. The second kappa shape index (κ2) is 35.3.